The minimum Gasteiger partial charge on any atom is -0.478 e. The maximum absolute atomic E-state index is 13.2. The minimum absolute atomic E-state index is 0.00472. The second-order valence-corrected chi connectivity index (χ2v) is 8.41. The lowest BCUT2D eigenvalue weighted by Gasteiger charge is -2.30. The number of ether oxygens (including phenoxy) is 1. The van der Waals surface area contributed by atoms with Crippen molar-refractivity contribution in [1.29, 1.82) is 0 Å². The molecule has 184 valence electrons. The van der Waals surface area contributed by atoms with Gasteiger partial charge in [-0.05, 0) is 28.7 Å². The Morgan fingerprint density at radius 1 is 1.06 bits per heavy atom. The van der Waals surface area contributed by atoms with Gasteiger partial charge >= 0.3 is 18.2 Å². The molecule has 0 saturated carbocycles. The summed E-state index contributed by atoms with van der Waals surface area (Å²) < 4.78 is 44.8. The van der Waals surface area contributed by atoms with Crippen molar-refractivity contribution in [2.24, 2.45) is 0 Å². The number of alkyl carbamates (subject to hydrolysis) is 1. The second-order valence-electron chi connectivity index (χ2n) is 8.41. The molecule has 0 spiro atoms. The molecule has 4 rings (SSSR count). The number of carboxylic acid groups (broad SMARTS) is 1. The molecule has 10 heteroatoms. The topological polar surface area (TPSA) is 95.9 Å². The highest BCUT2D eigenvalue weighted by atomic mass is 19.4. The molecule has 0 radical (unpaired) electrons. The lowest BCUT2D eigenvalue weighted by atomic mass is 9.98. The van der Waals surface area contributed by atoms with Crippen LogP contribution in [0.25, 0.3) is 11.1 Å². The number of hydrogen-bond donors (Lipinski definition) is 2. The molecule has 2 amide bonds. The largest absolute Gasteiger partial charge is 0.478 e. The van der Waals surface area contributed by atoms with E-state index >= 15 is 0 Å². The van der Waals surface area contributed by atoms with Gasteiger partial charge in [-0.25, -0.2) is 9.59 Å². The summed E-state index contributed by atoms with van der Waals surface area (Å²) >= 11 is 0. The molecule has 1 aliphatic heterocycles. The summed E-state index contributed by atoms with van der Waals surface area (Å²) in [4.78, 5) is 37.4. The number of carboxylic acids is 1. The first-order valence-electron chi connectivity index (χ1n) is 11.0. The number of halogens is 3. The van der Waals surface area contributed by atoms with E-state index in [2.05, 4.69) is 5.32 Å². The molecular weight excluding hydrogens is 465 g/mol. The molecule has 1 unspecified atom stereocenters. The van der Waals surface area contributed by atoms with Crippen molar-refractivity contribution in [3.8, 4) is 11.1 Å². The molecule has 2 aromatic carbocycles. The molecule has 7 nitrogen and oxygen atoms in total. The van der Waals surface area contributed by atoms with Crippen LogP contribution in [-0.4, -0.2) is 59.9 Å². The van der Waals surface area contributed by atoms with Gasteiger partial charge in [-0.15, -0.1) is 0 Å². The Morgan fingerprint density at radius 2 is 1.66 bits per heavy atom. The third-order valence-electron chi connectivity index (χ3n) is 6.16. The van der Waals surface area contributed by atoms with Crippen LogP contribution in [0.4, 0.5) is 18.0 Å². The van der Waals surface area contributed by atoms with Gasteiger partial charge in [-0.1, -0.05) is 54.6 Å². The number of hydrogen-bond acceptors (Lipinski definition) is 4. The first-order valence-corrected chi connectivity index (χ1v) is 11.0. The number of fused-ring (bicyclic) bond motifs is 3. The number of rotatable bonds is 6. The Kier molecular flexibility index (Phi) is 6.81. The van der Waals surface area contributed by atoms with Crippen LogP contribution in [0.1, 0.15) is 29.9 Å². The molecule has 2 aliphatic rings. The first kappa shape index (κ1) is 24.3. The maximum Gasteiger partial charge on any atom is 0.407 e. The molecule has 1 heterocycles. The first-order chi connectivity index (χ1) is 16.6. The number of alkyl halides is 3. The van der Waals surface area contributed by atoms with E-state index in [0.29, 0.717) is 0 Å². The molecule has 35 heavy (non-hydrogen) atoms. The monoisotopic (exact) mass is 488 g/mol. The highest BCUT2D eigenvalue weighted by molar-refractivity contribution is 5.89. The van der Waals surface area contributed by atoms with E-state index in [-0.39, 0.29) is 37.6 Å². The number of carbonyl (C=O) groups excluding carboxylic acids is 2. The fraction of sp³-hybridized carbons (Fsp3) is 0.320. The lowest BCUT2D eigenvalue weighted by molar-refractivity contribution is -0.154. The molecule has 0 fully saturated rings. The van der Waals surface area contributed by atoms with Gasteiger partial charge in [-0.3, -0.25) is 4.79 Å². The molecule has 0 aromatic heterocycles. The summed E-state index contributed by atoms with van der Waals surface area (Å²) in [5, 5.41) is 11.1. The Labute approximate surface area is 199 Å². The van der Waals surface area contributed by atoms with Crippen LogP contribution in [0.3, 0.4) is 0 Å². The Morgan fingerprint density at radius 3 is 2.17 bits per heavy atom. The molecule has 2 N–H and O–H groups in total. The van der Waals surface area contributed by atoms with Gasteiger partial charge in [0.15, 0.2) is 0 Å². The maximum atomic E-state index is 13.2. The van der Waals surface area contributed by atoms with Crippen molar-refractivity contribution >= 4 is 18.0 Å². The van der Waals surface area contributed by atoms with E-state index in [9.17, 15) is 27.6 Å². The van der Waals surface area contributed by atoms with Gasteiger partial charge in [0, 0.05) is 24.6 Å². The molecule has 1 aliphatic carbocycles. The summed E-state index contributed by atoms with van der Waals surface area (Å²) in [6.07, 6.45) is -6.13. The van der Waals surface area contributed by atoms with E-state index in [1.807, 2.05) is 48.5 Å². The van der Waals surface area contributed by atoms with Crippen molar-refractivity contribution in [1.82, 2.24) is 10.2 Å². The average Bonchev–Trinajstić information content (AvgIpc) is 3.15. The van der Waals surface area contributed by atoms with E-state index in [1.165, 1.54) is 6.08 Å². The molecule has 1 atom stereocenters. The normalized spacial score (nSPS) is 16.1. The quantitative estimate of drug-likeness (QED) is 0.639. The van der Waals surface area contributed by atoms with Gasteiger partial charge in [0.05, 0.1) is 6.42 Å². The lowest BCUT2D eigenvalue weighted by Crippen LogP contribution is -2.51. The van der Waals surface area contributed by atoms with Crippen molar-refractivity contribution in [2.75, 3.05) is 19.7 Å². The highest BCUT2D eigenvalue weighted by Crippen LogP contribution is 2.44. The minimum atomic E-state index is -4.71. The van der Waals surface area contributed by atoms with Crippen molar-refractivity contribution in [2.45, 2.75) is 31.0 Å². The Bertz CT molecular complexity index is 1130. The SMILES string of the molecule is O=C(NC(CC(F)(F)F)C(=O)N1CC=C(C(=O)O)CC1)OCC1c2ccccc2-c2ccccc21. The molecule has 0 saturated heterocycles. The highest BCUT2D eigenvalue weighted by Gasteiger charge is 2.39. The second kappa shape index (κ2) is 9.81. The summed E-state index contributed by atoms with van der Waals surface area (Å²) in [6.45, 7) is -0.319. The van der Waals surface area contributed by atoms with Crippen LogP contribution in [0.15, 0.2) is 60.2 Å². The van der Waals surface area contributed by atoms with Gasteiger partial charge in [0.25, 0.3) is 0 Å². The van der Waals surface area contributed by atoms with Crippen LogP contribution >= 0.6 is 0 Å². The fourth-order valence-electron chi connectivity index (χ4n) is 4.50. The molecule has 2 aromatic rings. The Hall–Kier alpha value is -3.82. The third-order valence-corrected chi connectivity index (χ3v) is 6.16. The number of amides is 2. The predicted octanol–water partition coefficient (Wildman–Crippen LogP) is 4.09. The Balaban J connectivity index is 1.43. The summed E-state index contributed by atoms with van der Waals surface area (Å²) in [6, 6.07) is 13.4. The van der Waals surface area contributed by atoms with E-state index in [1.54, 1.807) is 0 Å². The fourth-order valence-corrected chi connectivity index (χ4v) is 4.50. The van der Waals surface area contributed by atoms with E-state index in [4.69, 9.17) is 9.84 Å². The van der Waals surface area contributed by atoms with Crippen LogP contribution in [0.2, 0.25) is 0 Å². The van der Waals surface area contributed by atoms with Crippen LogP contribution < -0.4 is 5.32 Å². The third kappa shape index (κ3) is 5.47. The van der Waals surface area contributed by atoms with Gasteiger partial charge in [-0.2, -0.15) is 13.2 Å². The summed E-state index contributed by atoms with van der Waals surface area (Å²) in [5.74, 6) is -2.37. The zero-order chi connectivity index (χ0) is 25.2. The van der Waals surface area contributed by atoms with Crippen LogP contribution in [-0.2, 0) is 14.3 Å². The predicted molar refractivity (Wildman–Crippen MR) is 120 cm³/mol. The molecular formula is C25H23F3N2O5. The van der Waals surface area contributed by atoms with Crippen molar-refractivity contribution < 1.29 is 37.4 Å². The van der Waals surface area contributed by atoms with Crippen molar-refractivity contribution in [3.63, 3.8) is 0 Å². The number of nitrogens with zero attached hydrogens (tertiary/aromatic N) is 1. The van der Waals surface area contributed by atoms with E-state index in [0.717, 1.165) is 27.2 Å². The number of carbonyl (C=O) groups is 3. The molecule has 0 bridgehead atoms. The standard InChI is InChI=1S/C25H23F3N2O5/c26-25(27,28)13-21(22(31)30-11-9-15(10-12-30)23(32)33)29-24(34)35-14-20-18-7-3-1-5-16(18)17-6-2-4-8-19(17)20/h1-9,20-21H,10-14H2,(H,29,34)(H,32,33). The van der Waals surface area contributed by atoms with Gasteiger partial charge in [0.2, 0.25) is 5.91 Å². The zero-order valence-electron chi connectivity index (χ0n) is 18.5. The summed E-state index contributed by atoms with van der Waals surface area (Å²) in [5.41, 5.74) is 3.98. The summed E-state index contributed by atoms with van der Waals surface area (Å²) in [7, 11) is 0. The van der Waals surface area contributed by atoms with Gasteiger partial charge in [0.1, 0.15) is 12.6 Å². The zero-order valence-corrected chi connectivity index (χ0v) is 18.5. The van der Waals surface area contributed by atoms with Crippen LogP contribution in [0.5, 0.6) is 0 Å². The number of benzene rings is 2. The average molecular weight is 488 g/mol. The van der Waals surface area contributed by atoms with E-state index < -0.39 is 36.6 Å². The van der Waals surface area contributed by atoms with Crippen molar-refractivity contribution in [3.05, 3.63) is 71.3 Å². The number of nitrogens with one attached hydrogen (secondary N) is 1. The smallest absolute Gasteiger partial charge is 0.407 e. The number of aliphatic carboxylic acids is 1. The van der Waals surface area contributed by atoms with Crippen LogP contribution in [0, 0.1) is 0 Å². The van der Waals surface area contributed by atoms with Gasteiger partial charge < -0.3 is 20.1 Å².